The molecule has 1 aromatic rings. The van der Waals surface area contributed by atoms with Crippen LogP contribution in [-0.2, 0) is 6.42 Å². The van der Waals surface area contributed by atoms with Crippen molar-refractivity contribution in [2.75, 3.05) is 0 Å². The first-order chi connectivity index (χ1) is 14.6. The van der Waals surface area contributed by atoms with Crippen LogP contribution in [0.3, 0.4) is 0 Å². The molecule has 0 bridgehead atoms. The van der Waals surface area contributed by atoms with E-state index >= 15 is 0 Å². The number of carbonyl (C=O) groups excluding carboxylic acids is 1. The van der Waals surface area contributed by atoms with Gasteiger partial charge in [0.05, 0.1) is 0 Å². The van der Waals surface area contributed by atoms with E-state index in [0.717, 1.165) is 50.5 Å². The maximum absolute atomic E-state index is 12.1. The highest BCUT2D eigenvalue weighted by Crippen LogP contribution is 2.07. The molecule has 0 saturated carbocycles. The van der Waals surface area contributed by atoms with Crippen molar-refractivity contribution in [3.8, 4) is 0 Å². The number of carbonyl (C=O) groups is 1. The molecule has 1 rings (SSSR count). The van der Waals surface area contributed by atoms with Crippen LogP contribution in [0.15, 0.2) is 79.2 Å². The second-order valence-electron chi connectivity index (χ2n) is 7.11. The third-order valence-electron chi connectivity index (χ3n) is 4.38. The molecule has 1 heterocycles. The Hall–Kier alpha value is -2.43. The van der Waals surface area contributed by atoms with Crippen molar-refractivity contribution in [2.45, 2.75) is 71.0 Å². The van der Waals surface area contributed by atoms with E-state index in [2.05, 4.69) is 67.7 Å². The van der Waals surface area contributed by atoms with Crippen molar-refractivity contribution >= 4 is 5.91 Å². The lowest BCUT2D eigenvalue weighted by Gasteiger charge is -2.01. The summed E-state index contributed by atoms with van der Waals surface area (Å²) in [6, 6.07) is 1.74. The molecule has 2 N–H and O–H groups in total. The molecule has 0 aliphatic rings. The van der Waals surface area contributed by atoms with Crippen molar-refractivity contribution in [3.63, 3.8) is 0 Å². The van der Waals surface area contributed by atoms with E-state index in [-0.39, 0.29) is 12.3 Å². The Bertz CT molecular complexity index is 720. The first-order valence-electron chi connectivity index (χ1n) is 10.9. The van der Waals surface area contributed by atoms with E-state index in [4.69, 9.17) is 10.2 Å². The van der Waals surface area contributed by atoms with Crippen LogP contribution in [0.25, 0.3) is 0 Å². The monoisotopic (exact) mass is 411 g/mol. The van der Waals surface area contributed by atoms with Gasteiger partial charge in [0, 0.05) is 25.2 Å². The predicted octanol–water partition coefficient (Wildman–Crippen LogP) is 5.90. The number of aromatic nitrogens is 1. The van der Waals surface area contributed by atoms with E-state index in [1.54, 1.807) is 18.5 Å². The molecule has 0 aromatic carbocycles. The Morgan fingerprint density at radius 3 is 1.97 bits per heavy atom. The van der Waals surface area contributed by atoms with Crippen molar-refractivity contribution in [1.29, 1.82) is 0 Å². The molecule has 0 fully saturated rings. The molecule has 0 atom stereocenters. The fourth-order valence-corrected chi connectivity index (χ4v) is 2.80. The number of allylic oxidation sites excluding steroid dienone is 10. The second kappa shape index (κ2) is 17.4. The Morgan fingerprint density at radius 1 is 0.900 bits per heavy atom. The van der Waals surface area contributed by atoms with Crippen LogP contribution in [0.2, 0.25) is 0 Å². The van der Waals surface area contributed by atoms with Gasteiger partial charge in [-0.2, -0.15) is 0 Å². The van der Waals surface area contributed by atoms with Gasteiger partial charge in [-0.15, -0.1) is 0 Å². The highest BCUT2D eigenvalue weighted by atomic mass is 16.5. The maximum Gasteiger partial charge on any atom is 0.230 e. The Balaban J connectivity index is 2.05. The average Bonchev–Trinajstić information content (AvgIpc) is 3.18. The summed E-state index contributed by atoms with van der Waals surface area (Å²) < 4.78 is 1.52. The number of rotatable bonds is 15. The van der Waals surface area contributed by atoms with Gasteiger partial charge < -0.3 is 10.2 Å². The van der Waals surface area contributed by atoms with Crippen LogP contribution < -0.4 is 0 Å². The molecule has 0 unspecified atom stereocenters. The molecule has 0 aliphatic heterocycles. The number of nitrogens with zero attached hydrogens (tertiary/aromatic N) is 1. The Labute approximate surface area is 181 Å². The summed E-state index contributed by atoms with van der Waals surface area (Å²) in [5.41, 5.74) is 0.746. The SMILES string of the molecule is CCC=CCC=CCC=CCC=CCC=CCCCC(=O)n1ccc(CC(O)O)c1. The van der Waals surface area contributed by atoms with E-state index in [1.807, 2.05) is 0 Å². The van der Waals surface area contributed by atoms with Gasteiger partial charge >= 0.3 is 0 Å². The van der Waals surface area contributed by atoms with Gasteiger partial charge in [-0.1, -0.05) is 67.7 Å². The summed E-state index contributed by atoms with van der Waals surface area (Å²) in [5.74, 6) is 0.0287. The van der Waals surface area contributed by atoms with Crippen LogP contribution in [0, 0.1) is 0 Å². The number of unbranched alkanes of at least 4 members (excludes halogenated alkanes) is 1. The minimum atomic E-state index is -1.38. The minimum absolute atomic E-state index is 0.0287. The zero-order chi connectivity index (χ0) is 21.9. The van der Waals surface area contributed by atoms with E-state index in [1.165, 1.54) is 4.57 Å². The fourth-order valence-electron chi connectivity index (χ4n) is 2.80. The maximum atomic E-state index is 12.1. The van der Waals surface area contributed by atoms with Gasteiger partial charge in [-0.05, 0) is 56.6 Å². The lowest BCUT2D eigenvalue weighted by Crippen LogP contribution is -2.09. The molecule has 1 aromatic heterocycles. The van der Waals surface area contributed by atoms with Crippen LogP contribution in [-0.4, -0.2) is 27.0 Å². The van der Waals surface area contributed by atoms with Crippen molar-refractivity contribution < 1.29 is 15.0 Å². The second-order valence-corrected chi connectivity index (χ2v) is 7.11. The van der Waals surface area contributed by atoms with Crippen molar-refractivity contribution in [2.24, 2.45) is 0 Å². The molecule has 0 radical (unpaired) electrons. The summed E-state index contributed by atoms with van der Waals surface area (Å²) in [6.45, 7) is 2.14. The minimum Gasteiger partial charge on any atom is -0.368 e. The molecule has 4 nitrogen and oxygen atoms in total. The average molecular weight is 412 g/mol. The first kappa shape index (κ1) is 25.6. The molecule has 164 valence electrons. The molecule has 0 spiro atoms. The smallest absolute Gasteiger partial charge is 0.230 e. The third-order valence-corrected chi connectivity index (χ3v) is 4.38. The first-order valence-corrected chi connectivity index (χ1v) is 10.9. The van der Waals surface area contributed by atoms with Crippen LogP contribution in [0.1, 0.15) is 68.6 Å². The van der Waals surface area contributed by atoms with Crippen molar-refractivity contribution in [3.05, 3.63) is 84.8 Å². The van der Waals surface area contributed by atoms with Gasteiger partial charge in [-0.3, -0.25) is 9.36 Å². The normalized spacial score (nSPS) is 12.8. The largest absolute Gasteiger partial charge is 0.368 e. The van der Waals surface area contributed by atoms with Gasteiger partial charge in [0.15, 0.2) is 6.29 Å². The highest BCUT2D eigenvalue weighted by Gasteiger charge is 2.07. The highest BCUT2D eigenvalue weighted by molar-refractivity contribution is 5.79. The molecule has 0 saturated heterocycles. The number of hydrogen-bond donors (Lipinski definition) is 2. The van der Waals surface area contributed by atoms with E-state index in [0.29, 0.717) is 6.42 Å². The number of hydrogen-bond acceptors (Lipinski definition) is 3. The lowest BCUT2D eigenvalue weighted by molar-refractivity contribution is -0.0381. The molecule has 4 heteroatoms. The molecule has 0 amide bonds. The molecular formula is C26H37NO3. The van der Waals surface area contributed by atoms with E-state index in [9.17, 15) is 4.79 Å². The van der Waals surface area contributed by atoms with Gasteiger partial charge in [0.2, 0.25) is 5.91 Å². The summed E-state index contributed by atoms with van der Waals surface area (Å²) in [6.07, 6.45) is 31.0. The molecular weight excluding hydrogens is 374 g/mol. The standard InChI is InChI=1S/C26H37NO3/c1-2-3-4-5-6-7-8-9-10-11-12-13-14-15-16-17-18-19-25(28)27-21-20-24(23-27)22-26(29)30/h3-4,6-7,9-10,12-13,15-16,20-21,23,26,29-30H,2,5,8,11,14,17-19,22H2,1H3. The number of aliphatic hydroxyl groups excluding tert-OH is 1. The zero-order valence-corrected chi connectivity index (χ0v) is 18.2. The van der Waals surface area contributed by atoms with Crippen LogP contribution in [0.4, 0.5) is 0 Å². The summed E-state index contributed by atoms with van der Waals surface area (Å²) in [5, 5.41) is 17.9. The Morgan fingerprint density at radius 2 is 1.43 bits per heavy atom. The number of aliphatic hydroxyl groups is 2. The molecule has 0 aliphatic carbocycles. The van der Waals surface area contributed by atoms with Crippen LogP contribution >= 0.6 is 0 Å². The van der Waals surface area contributed by atoms with Gasteiger partial charge in [-0.25, -0.2) is 0 Å². The van der Waals surface area contributed by atoms with Gasteiger partial charge in [0.1, 0.15) is 0 Å². The topological polar surface area (TPSA) is 62.5 Å². The van der Waals surface area contributed by atoms with Crippen LogP contribution in [0.5, 0.6) is 0 Å². The summed E-state index contributed by atoms with van der Waals surface area (Å²) >= 11 is 0. The fraction of sp³-hybridized carbons (Fsp3) is 0.423. The quantitative estimate of drug-likeness (QED) is 0.214. The van der Waals surface area contributed by atoms with Gasteiger partial charge in [0.25, 0.3) is 0 Å². The Kier molecular flexibility index (Phi) is 14.9. The lowest BCUT2D eigenvalue weighted by atomic mass is 10.2. The third kappa shape index (κ3) is 13.7. The summed E-state index contributed by atoms with van der Waals surface area (Å²) in [4.78, 5) is 12.1. The van der Waals surface area contributed by atoms with Crippen molar-refractivity contribution in [1.82, 2.24) is 4.57 Å². The molecule has 30 heavy (non-hydrogen) atoms. The van der Waals surface area contributed by atoms with E-state index < -0.39 is 6.29 Å². The summed E-state index contributed by atoms with van der Waals surface area (Å²) in [7, 11) is 0. The predicted molar refractivity (Wildman–Crippen MR) is 125 cm³/mol. The zero-order valence-electron chi connectivity index (χ0n) is 18.2.